The average molecular weight is 451 g/mol. The Morgan fingerprint density at radius 3 is 2.50 bits per heavy atom. The number of hydrogen-bond acceptors (Lipinski definition) is 4. The Labute approximate surface area is 176 Å². The molecule has 2 aliphatic heterocycles. The second-order valence-corrected chi connectivity index (χ2v) is 8.59. The first-order valence-electron chi connectivity index (χ1n) is 10.5. The molecule has 3 rings (SSSR count). The largest absolute Gasteiger partial charge is 0.288 e. The van der Waals surface area contributed by atoms with Crippen LogP contribution in [0.4, 0.5) is 5.69 Å². The van der Waals surface area contributed by atoms with E-state index in [0.717, 1.165) is 55.5 Å². The first-order valence-corrected chi connectivity index (χ1v) is 11.3. The number of hydrogen-bond donors (Lipinski definition) is 1. The van der Waals surface area contributed by atoms with Crippen LogP contribution in [0.3, 0.4) is 0 Å². The van der Waals surface area contributed by atoms with Gasteiger partial charge in [0.25, 0.3) is 5.91 Å². The number of hydrazine groups is 2. The molecule has 2 amide bonds. The van der Waals surface area contributed by atoms with Crippen LogP contribution >= 0.6 is 15.9 Å². The van der Waals surface area contributed by atoms with Crippen molar-refractivity contribution < 1.29 is 9.59 Å². The molecule has 154 valence electrons. The lowest BCUT2D eigenvalue weighted by Gasteiger charge is -2.28. The molecule has 0 aliphatic carbocycles. The molecule has 28 heavy (non-hydrogen) atoms. The predicted molar refractivity (Wildman–Crippen MR) is 114 cm³/mol. The zero-order valence-electron chi connectivity index (χ0n) is 16.7. The molecule has 1 aromatic carbocycles. The molecule has 0 aromatic heterocycles. The Kier molecular flexibility index (Phi) is 7.88. The number of rotatable bonds is 8. The SMILES string of the molecule is CCCCCCN1CC(C(=O)NN2CCCCC2)C(=O)N1c1ccc(Br)cc1. The molecule has 6 nitrogen and oxygen atoms in total. The molecular formula is C21H31BrN4O2. The monoisotopic (exact) mass is 450 g/mol. The van der Waals surface area contributed by atoms with Gasteiger partial charge in [0, 0.05) is 30.7 Å². The fourth-order valence-electron chi connectivity index (χ4n) is 3.88. The van der Waals surface area contributed by atoms with Crippen LogP contribution < -0.4 is 10.4 Å². The molecule has 2 heterocycles. The number of amides is 2. The number of nitrogens with zero attached hydrogens (tertiary/aromatic N) is 3. The smallest absolute Gasteiger partial charge is 0.255 e. The van der Waals surface area contributed by atoms with E-state index in [2.05, 4.69) is 28.3 Å². The summed E-state index contributed by atoms with van der Waals surface area (Å²) in [6.07, 6.45) is 7.92. The summed E-state index contributed by atoms with van der Waals surface area (Å²) in [5.41, 5.74) is 3.80. The minimum atomic E-state index is -0.656. The van der Waals surface area contributed by atoms with Crippen LogP contribution in [0.2, 0.25) is 0 Å². The summed E-state index contributed by atoms with van der Waals surface area (Å²) in [6, 6.07) is 7.70. The van der Waals surface area contributed by atoms with Gasteiger partial charge < -0.3 is 0 Å². The molecule has 0 saturated carbocycles. The van der Waals surface area contributed by atoms with E-state index in [-0.39, 0.29) is 11.8 Å². The lowest BCUT2D eigenvalue weighted by molar-refractivity contribution is -0.135. The first-order chi connectivity index (χ1) is 13.6. The highest BCUT2D eigenvalue weighted by molar-refractivity contribution is 9.10. The molecule has 1 aromatic rings. The number of nitrogens with one attached hydrogen (secondary N) is 1. The highest BCUT2D eigenvalue weighted by Gasteiger charge is 2.43. The highest BCUT2D eigenvalue weighted by atomic mass is 79.9. The summed E-state index contributed by atoms with van der Waals surface area (Å²) < 4.78 is 0.969. The van der Waals surface area contributed by atoms with E-state index in [4.69, 9.17) is 0 Å². The Morgan fingerprint density at radius 2 is 1.82 bits per heavy atom. The van der Waals surface area contributed by atoms with Gasteiger partial charge >= 0.3 is 0 Å². The van der Waals surface area contributed by atoms with Crippen LogP contribution in [-0.2, 0) is 9.59 Å². The van der Waals surface area contributed by atoms with Gasteiger partial charge in [0.15, 0.2) is 0 Å². The van der Waals surface area contributed by atoms with Crippen molar-refractivity contribution >= 4 is 33.4 Å². The molecule has 0 spiro atoms. The minimum absolute atomic E-state index is 0.132. The maximum Gasteiger partial charge on any atom is 0.255 e. The fraction of sp³-hybridized carbons (Fsp3) is 0.619. The molecular weight excluding hydrogens is 420 g/mol. The Morgan fingerprint density at radius 1 is 1.11 bits per heavy atom. The molecule has 2 fully saturated rings. The van der Waals surface area contributed by atoms with E-state index in [1.807, 2.05) is 34.3 Å². The number of carbonyl (C=O) groups excluding carboxylic acids is 2. The number of unbranched alkanes of at least 4 members (excludes halogenated alkanes) is 3. The van der Waals surface area contributed by atoms with Gasteiger partial charge in [0.1, 0.15) is 5.92 Å². The molecule has 2 aliphatic rings. The quantitative estimate of drug-likeness (QED) is 0.484. The summed E-state index contributed by atoms with van der Waals surface area (Å²) in [5.74, 6) is -0.964. The zero-order chi connectivity index (χ0) is 19.9. The normalized spacial score (nSPS) is 21.3. The third-order valence-corrected chi connectivity index (χ3v) is 5.99. The third-order valence-electron chi connectivity index (χ3n) is 5.46. The molecule has 1 unspecified atom stereocenters. The van der Waals surface area contributed by atoms with Gasteiger partial charge in [-0.15, -0.1) is 0 Å². The second-order valence-electron chi connectivity index (χ2n) is 7.68. The fourth-order valence-corrected chi connectivity index (χ4v) is 4.14. The van der Waals surface area contributed by atoms with Crippen LogP contribution in [0.25, 0.3) is 0 Å². The van der Waals surface area contributed by atoms with Crippen molar-refractivity contribution in [3.63, 3.8) is 0 Å². The molecule has 1 atom stereocenters. The van der Waals surface area contributed by atoms with Crippen molar-refractivity contribution in [1.82, 2.24) is 15.4 Å². The topological polar surface area (TPSA) is 55.9 Å². The summed E-state index contributed by atoms with van der Waals surface area (Å²) in [4.78, 5) is 26.0. The standard InChI is InChI=1S/C21H31BrN4O2/c1-2-3-4-8-15-25-16-19(20(27)23-24-13-6-5-7-14-24)21(28)26(25)18-11-9-17(22)10-12-18/h9-12,19H,2-8,13-16H2,1H3,(H,23,27). The average Bonchev–Trinajstić information content (AvgIpc) is 3.03. The van der Waals surface area contributed by atoms with E-state index in [0.29, 0.717) is 6.54 Å². The van der Waals surface area contributed by atoms with Crippen molar-refractivity contribution in [2.45, 2.75) is 51.9 Å². The third kappa shape index (κ3) is 5.33. The van der Waals surface area contributed by atoms with E-state index in [1.165, 1.54) is 19.3 Å². The number of piperidine rings is 1. The molecule has 1 N–H and O–H groups in total. The maximum absolute atomic E-state index is 13.2. The number of anilines is 1. The van der Waals surface area contributed by atoms with Crippen molar-refractivity contribution in [1.29, 1.82) is 0 Å². The highest BCUT2D eigenvalue weighted by Crippen LogP contribution is 2.28. The maximum atomic E-state index is 13.2. The van der Waals surface area contributed by atoms with Crippen LogP contribution in [0.1, 0.15) is 51.9 Å². The van der Waals surface area contributed by atoms with Crippen LogP contribution in [0.15, 0.2) is 28.7 Å². The summed E-state index contributed by atoms with van der Waals surface area (Å²) in [7, 11) is 0. The predicted octanol–water partition coefficient (Wildman–Crippen LogP) is 3.73. The van der Waals surface area contributed by atoms with Crippen molar-refractivity contribution in [2.75, 3.05) is 31.2 Å². The van der Waals surface area contributed by atoms with Gasteiger partial charge in [-0.1, -0.05) is 48.5 Å². The van der Waals surface area contributed by atoms with E-state index >= 15 is 0 Å². The van der Waals surface area contributed by atoms with Crippen molar-refractivity contribution in [3.8, 4) is 0 Å². The van der Waals surface area contributed by atoms with Gasteiger partial charge in [0.2, 0.25) is 5.91 Å². The van der Waals surface area contributed by atoms with E-state index < -0.39 is 5.92 Å². The lowest BCUT2D eigenvalue weighted by atomic mass is 10.1. The van der Waals surface area contributed by atoms with Gasteiger partial charge in [-0.25, -0.2) is 15.0 Å². The van der Waals surface area contributed by atoms with Crippen molar-refractivity contribution in [2.24, 2.45) is 5.92 Å². The first kappa shape index (κ1) is 21.3. The van der Waals surface area contributed by atoms with Gasteiger partial charge in [-0.3, -0.25) is 15.0 Å². The molecule has 7 heteroatoms. The van der Waals surface area contributed by atoms with E-state index in [9.17, 15) is 9.59 Å². The molecule has 0 bridgehead atoms. The lowest BCUT2D eigenvalue weighted by Crippen LogP contribution is -2.49. The Hall–Kier alpha value is -1.44. The van der Waals surface area contributed by atoms with Gasteiger partial charge in [-0.2, -0.15) is 0 Å². The summed E-state index contributed by atoms with van der Waals surface area (Å²) in [5, 5.41) is 5.72. The molecule has 0 radical (unpaired) electrons. The Bertz CT molecular complexity index is 661. The van der Waals surface area contributed by atoms with E-state index in [1.54, 1.807) is 5.01 Å². The van der Waals surface area contributed by atoms with Crippen LogP contribution in [0.5, 0.6) is 0 Å². The van der Waals surface area contributed by atoms with Gasteiger partial charge in [0.05, 0.1) is 5.69 Å². The zero-order valence-corrected chi connectivity index (χ0v) is 18.3. The molecule has 2 saturated heterocycles. The minimum Gasteiger partial charge on any atom is -0.288 e. The van der Waals surface area contributed by atoms with Crippen molar-refractivity contribution in [3.05, 3.63) is 28.7 Å². The van der Waals surface area contributed by atoms with Gasteiger partial charge in [-0.05, 0) is 43.5 Å². The van der Waals surface area contributed by atoms with Crippen LogP contribution in [-0.4, -0.2) is 48.0 Å². The number of halogens is 1. The Balaban J connectivity index is 1.70. The second kappa shape index (κ2) is 10.4. The number of carbonyl (C=O) groups is 2. The number of benzene rings is 1. The summed E-state index contributed by atoms with van der Waals surface area (Å²) >= 11 is 3.45. The summed E-state index contributed by atoms with van der Waals surface area (Å²) in [6.45, 7) is 5.15. The van der Waals surface area contributed by atoms with Crippen LogP contribution in [0, 0.1) is 5.92 Å².